The molecule has 0 unspecified atom stereocenters. The summed E-state index contributed by atoms with van der Waals surface area (Å²) < 4.78 is 7.52. The molecule has 3 rings (SSSR count). The Hall–Kier alpha value is -2.14. The number of hydrogen-bond acceptors (Lipinski definition) is 4. The van der Waals surface area contributed by atoms with Gasteiger partial charge in [0.1, 0.15) is 6.54 Å². The summed E-state index contributed by atoms with van der Waals surface area (Å²) in [5, 5.41) is 8.49. The molecule has 0 radical (unpaired) electrons. The summed E-state index contributed by atoms with van der Waals surface area (Å²) >= 11 is 0. The lowest BCUT2D eigenvalue weighted by Gasteiger charge is -2.00. The summed E-state index contributed by atoms with van der Waals surface area (Å²) in [6.07, 6.45) is 2.15. The fourth-order valence-corrected chi connectivity index (χ4v) is 2.50. The second-order valence-corrected chi connectivity index (χ2v) is 5.53. The Bertz CT molecular complexity index is 742. The maximum Gasteiger partial charge on any atom is 0.246 e. The first kappa shape index (κ1) is 13.8. The molecular weight excluding hydrogens is 264 g/mol. The average Bonchev–Trinajstić information content (AvgIpc) is 3.07. The molecule has 2 heterocycles. The predicted molar refractivity (Wildman–Crippen MR) is 82.2 cm³/mol. The molecule has 0 saturated carbocycles. The molecule has 0 spiro atoms. The SMILES string of the molecule is CNCc1cn(Cc2nc(C(C)C)no2)c2ccccc12. The highest BCUT2D eigenvalue weighted by molar-refractivity contribution is 5.84. The maximum atomic E-state index is 5.35. The molecule has 1 N–H and O–H groups in total. The number of hydrogen-bond donors (Lipinski definition) is 1. The van der Waals surface area contributed by atoms with Crippen LogP contribution in [0.1, 0.15) is 37.0 Å². The van der Waals surface area contributed by atoms with Crippen molar-refractivity contribution >= 4 is 10.9 Å². The van der Waals surface area contributed by atoms with Gasteiger partial charge in [0.15, 0.2) is 5.82 Å². The lowest BCUT2D eigenvalue weighted by atomic mass is 10.2. The number of fused-ring (bicyclic) bond motifs is 1. The van der Waals surface area contributed by atoms with Crippen LogP contribution >= 0.6 is 0 Å². The third-order valence-corrected chi connectivity index (χ3v) is 3.54. The Morgan fingerprint density at radius 1 is 1.29 bits per heavy atom. The van der Waals surface area contributed by atoms with Gasteiger partial charge in [-0.2, -0.15) is 4.98 Å². The van der Waals surface area contributed by atoms with E-state index in [1.807, 2.05) is 7.05 Å². The molecule has 0 aliphatic heterocycles. The summed E-state index contributed by atoms with van der Waals surface area (Å²) in [4.78, 5) is 4.45. The minimum Gasteiger partial charge on any atom is -0.338 e. The van der Waals surface area contributed by atoms with Gasteiger partial charge in [-0.05, 0) is 18.7 Å². The number of nitrogens with one attached hydrogen (secondary N) is 1. The Morgan fingerprint density at radius 2 is 2.10 bits per heavy atom. The zero-order chi connectivity index (χ0) is 14.8. The van der Waals surface area contributed by atoms with Crippen LogP contribution in [-0.2, 0) is 13.1 Å². The van der Waals surface area contributed by atoms with E-state index in [4.69, 9.17) is 4.52 Å². The average molecular weight is 284 g/mol. The van der Waals surface area contributed by atoms with Crippen molar-refractivity contribution in [1.29, 1.82) is 0 Å². The Kier molecular flexibility index (Phi) is 3.75. The molecule has 0 atom stereocenters. The monoisotopic (exact) mass is 284 g/mol. The van der Waals surface area contributed by atoms with Crippen molar-refractivity contribution in [3.63, 3.8) is 0 Å². The number of aromatic nitrogens is 3. The summed E-state index contributed by atoms with van der Waals surface area (Å²) in [6, 6.07) is 8.38. The molecule has 110 valence electrons. The molecule has 21 heavy (non-hydrogen) atoms. The van der Waals surface area contributed by atoms with Crippen molar-refractivity contribution in [1.82, 2.24) is 20.0 Å². The van der Waals surface area contributed by atoms with E-state index in [1.165, 1.54) is 16.5 Å². The van der Waals surface area contributed by atoms with Crippen LogP contribution in [0.2, 0.25) is 0 Å². The van der Waals surface area contributed by atoms with Crippen molar-refractivity contribution in [2.24, 2.45) is 0 Å². The highest BCUT2D eigenvalue weighted by atomic mass is 16.5. The number of nitrogens with zero attached hydrogens (tertiary/aromatic N) is 3. The molecule has 1 aromatic carbocycles. The van der Waals surface area contributed by atoms with Crippen LogP contribution in [0.4, 0.5) is 0 Å². The van der Waals surface area contributed by atoms with E-state index in [0.717, 1.165) is 12.4 Å². The van der Waals surface area contributed by atoms with Gasteiger partial charge in [-0.3, -0.25) is 0 Å². The van der Waals surface area contributed by atoms with Gasteiger partial charge in [-0.1, -0.05) is 37.2 Å². The molecule has 0 fully saturated rings. The van der Waals surface area contributed by atoms with E-state index in [-0.39, 0.29) is 5.92 Å². The Balaban J connectivity index is 1.96. The molecule has 3 aromatic rings. The molecular formula is C16H20N4O. The van der Waals surface area contributed by atoms with Gasteiger partial charge >= 0.3 is 0 Å². The third kappa shape index (κ3) is 2.69. The molecule has 0 aliphatic rings. The van der Waals surface area contributed by atoms with Crippen molar-refractivity contribution in [2.75, 3.05) is 7.05 Å². The van der Waals surface area contributed by atoms with Gasteiger partial charge < -0.3 is 14.4 Å². The molecule has 5 nitrogen and oxygen atoms in total. The van der Waals surface area contributed by atoms with Gasteiger partial charge in [0.2, 0.25) is 5.89 Å². The minimum atomic E-state index is 0.281. The topological polar surface area (TPSA) is 55.9 Å². The van der Waals surface area contributed by atoms with Gasteiger partial charge in [-0.15, -0.1) is 0 Å². The lowest BCUT2D eigenvalue weighted by Crippen LogP contribution is -2.04. The number of rotatable bonds is 5. The van der Waals surface area contributed by atoms with Crippen LogP contribution in [0.5, 0.6) is 0 Å². The molecule has 0 amide bonds. The summed E-state index contributed by atoms with van der Waals surface area (Å²) in [6.45, 7) is 5.56. The number of para-hydroxylation sites is 1. The van der Waals surface area contributed by atoms with Gasteiger partial charge in [0.05, 0.1) is 0 Å². The van der Waals surface area contributed by atoms with Crippen LogP contribution < -0.4 is 5.32 Å². The van der Waals surface area contributed by atoms with Gasteiger partial charge in [0.25, 0.3) is 0 Å². The molecule has 5 heteroatoms. The van der Waals surface area contributed by atoms with E-state index in [2.05, 4.69) is 64.3 Å². The zero-order valence-corrected chi connectivity index (χ0v) is 12.6. The molecule has 0 bridgehead atoms. The molecule has 0 saturated heterocycles. The third-order valence-electron chi connectivity index (χ3n) is 3.54. The fourth-order valence-electron chi connectivity index (χ4n) is 2.50. The first-order valence-corrected chi connectivity index (χ1v) is 7.23. The second kappa shape index (κ2) is 5.69. The summed E-state index contributed by atoms with van der Waals surface area (Å²) in [5.74, 6) is 1.69. The smallest absolute Gasteiger partial charge is 0.246 e. The minimum absolute atomic E-state index is 0.281. The van der Waals surface area contributed by atoms with Crippen molar-refractivity contribution in [3.8, 4) is 0 Å². The van der Waals surface area contributed by atoms with Crippen LogP contribution in [-0.4, -0.2) is 21.8 Å². The highest BCUT2D eigenvalue weighted by Gasteiger charge is 2.13. The van der Waals surface area contributed by atoms with Gasteiger partial charge in [0, 0.05) is 29.6 Å². The lowest BCUT2D eigenvalue weighted by molar-refractivity contribution is 0.366. The first-order chi connectivity index (χ1) is 10.2. The number of benzene rings is 1. The second-order valence-electron chi connectivity index (χ2n) is 5.53. The maximum absolute atomic E-state index is 5.35. The van der Waals surface area contributed by atoms with Crippen LogP contribution in [0.3, 0.4) is 0 Å². The predicted octanol–water partition coefficient (Wildman–Crippen LogP) is 2.92. The largest absolute Gasteiger partial charge is 0.338 e. The standard InChI is InChI=1S/C16H20N4O/c1-11(2)16-18-15(21-19-16)10-20-9-12(8-17-3)13-6-4-5-7-14(13)20/h4-7,9,11,17H,8,10H2,1-3H3. The normalized spacial score (nSPS) is 11.6. The van der Waals surface area contributed by atoms with E-state index in [1.54, 1.807) is 0 Å². The van der Waals surface area contributed by atoms with Crippen molar-refractivity contribution in [2.45, 2.75) is 32.9 Å². The molecule has 0 aliphatic carbocycles. The van der Waals surface area contributed by atoms with Gasteiger partial charge in [-0.25, -0.2) is 0 Å². The quantitative estimate of drug-likeness (QED) is 0.782. The van der Waals surface area contributed by atoms with Crippen molar-refractivity contribution < 1.29 is 4.52 Å². The van der Waals surface area contributed by atoms with Crippen LogP contribution in [0, 0.1) is 0 Å². The van der Waals surface area contributed by atoms with E-state index >= 15 is 0 Å². The van der Waals surface area contributed by atoms with Crippen LogP contribution in [0.15, 0.2) is 35.0 Å². The van der Waals surface area contributed by atoms with Crippen molar-refractivity contribution in [3.05, 3.63) is 47.7 Å². The zero-order valence-electron chi connectivity index (χ0n) is 12.6. The fraction of sp³-hybridized carbons (Fsp3) is 0.375. The molecule has 2 aromatic heterocycles. The Morgan fingerprint density at radius 3 is 2.81 bits per heavy atom. The van der Waals surface area contributed by atoms with Crippen LogP contribution in [0.25, 0.3) is 10.9 Å². The first-order valence-electron chi connectivity index (χ1n) is 7.23. The van der Waals surface area contributed by atoms with E-state index in [0.29, 0.717) is 12.4 Å². The highest BCUT2D eigenvalue weighted by Crippen LogP contribution is 2.22. The van der Waals surface area contributed by atoms with E-state index < -0.39 is 0 Å². The summed E-state index contributed by atoms with van der Waals surface area (Å²) in [5.41, 5.74) is 2.46. The summed E-state index contributed by atoms with van der Waals surface area (Å²) in [7, 11) is 1.96. The Labute approximate surface area is 124 Å². The van der Waals surface area contributed by atoms with E-state index in [9.17, 15) is 0 Å².